The summed E-state index contributed by atoms with van der Waals surface area (Å²) in [5.74, 6) is 1.76. The topological polar surface area (TPSA) is 71.3 Å². The smallest absolute Gasteiger partial charge is 0.254 e. The SMILES string of the molecule is CCCCCCc1ccc(C(=O)N2CCN(C(=O)CCCSc3nnc(-c4ccc(C)cc4)n3-c3ccc(C)cc3)CC2C)cc1. The van der Waals surface area contributed by atoms with Gasteiger partial charge in [0.15, 0.2) is 11.0 Å². The molecule has 3 aromatic carbocycles. The third-order valence-electron chi connectivity index (χ3n) is 8.76. The van der Waals surface area contributed by atoms with Gasteiger partial charge in [0, 0.05) is 54.7 Å². The van der Waals surface area contributed by atoms with E-state index in [1.54, 1.807) is 11.8 Å². The molecule has 0 spiro atoms. The van der Waals surface area contributed by atoms with E-state index in [2.05, 4.69) is 96.2 Å². The monoisotopic (exact) mass is 637 g/mol. The Labute approximate surface area is 278 Å². The lowest BCUT2D eigenvalue weighted by atomic mass is 10.0. The molecule has 0 N–H and O–H groups in total. The average molecular weight is 638 g/mol. The number of rotatable bonds is 13. The lowest BCUT2D eigenvalue weighted by molar-refractivity contribution is -0.133. The molecule has 1 aliphatic rings. The summed E-state index contributed by atoms with van der Waals surface area (Å²) in [5.41, 5.74) is 6.45. The number of hydrogen-bond donors (Lipinski definition) is 0. The standard InChI is InChI=1S/C38H47N5O2S/c1-5-6-7-8-10-31-16-20-33(21-17-31)37(45)42-25-24-41(27-30(42)4)35(44)11-9-26-46-38-40-39-36(32-18-12-28(2)13-19-32)43(38)34-22-14-29(3)15-23-34/h12-23,30H,5-11,24-27H2,1-4H3. The molecule has 8 heteroatoms. The number of benzene rings is 3. The van der Waals surface area contributed by atoms with Gasteiger partial charge in [-0.2, -0.15) is 0 Å². The molecule has 1 unspecified atom stereocenters. The summed E-state index contributed by atoms with van der Waals surface area (Å²) >= 11 is 1.63. The number of nitrogens with zero attached hydrogens (tertiary/aromatic N) is 5. The molecule has 7 nitrogen and oxygen atoms in total. The van der Waals surface area contributed by atoms with Crippen molar-refractivity contribution in [3.8, 4) is 17.1 Å². The highest BCUT2D eigenvalue weighted by Gasteiger charge is 2.30. The number of carbonyl (C=O) groups is 2. The Morgan fingerprint density at radius 1 is 0.826 bits per heavy atom. The maximum absolute atomic E-state index is 13.3. The Hall–Kier alpha value is -3.91. The molecule has 0 aliphatic carbocycles. The molecule has 242 valence electrons. The van der Waals surface area contributed by atoms with Gasteiger partial charge in [0.2, 0.25) is 5.91 Å². The molecule has 46 heavy (non-hydrogen) atoms. The summed E-state index contributed by atoms with van der Waals surface area (Å²) in [7, 11) is 0. The van der Waals surface area contributed by atoms with Crippen molar-refractivity contribution < 1.29 is 9.59 Å². The molecule has 1 atom stereocenters. The minimum Gasteiger partial charge on any atom is -0.339 e. The normalized spacial score (nSPS) is 14.9. The first-order valence-corrected chi connectivity index (χ1v) is 17.7. The van der Waals surface area contributed by atoms with Gasteiger partial charge in [-0.25, -0.2) is 0 Å². The van der Waals surface area contributed by atoms with E-state index in [1.165, 1.54) is 42.4 Å². The largest absolute Gasteiger partial charge is 0.339 e. The van der Waals surface area contributed by atoms with Crippen LogP contribution in [0.5, 0.6) is 0 Å². The fraction of sp³-hybridized carbons (Fsp3) is 0.421. The highest BCUT2D eigenvalue weighted by molar-refractivity contribution is 7.99. The van der Waals surface area contributed by atoms with Crippen LogP contribution in [0.15, 0.2) is 78.0 Å². The van der Waals surface area contributed by atoms with Gasteiger partial charge < -0.3 is 9.80 Å². The van der Waals surface area contributed by atoms with E-state index in [1.807, 2.05) is 28.9 Å². The molecule has 1 saturated heterocycles. The number of unbranched alkanes of at least 4 members (excludes halogenated alkanes) is 3. The first kappa shape index (κ1) is 33.5. The van der Waals surface area contributed by atoms with E-state index >= 15 is 0 Å². The Bertz CT molecular complexity index is 1580. The second kappa shape index (κ2) is 16.1. The van der Waals surface area contributed by atoms with Crippen LogP contribution in [0, 0.1) is 13.8 Å². The fourth-order valence-electron chi connectivity index (χ4n) is 5.95. The second-order valence-corrected chi connectivity index (χ2v) is 13.6. The number of piperazine rings is 1. The number of aryl methyl sites for hydroxylation is 3. The van der Waals surface area contributed by atoms with Crippen LogP contribution < -0.4 is 0 Å². The predicted octanol–water partition coefficient (Wildman–Crippen LogP) is 7.92. The Morgan fingerprint density at radius 3 is 2.20 bits per heavy atom. The molecule has 0 bridgehead atoms. The summed E-state index contributed by atoms with van der Waals surface area (Å²) in [6.45, 7) is 10.1. The van der Waals surface area contributed by atoms with Crippen molar-refractivity contribution in [2.24, 2.45) is 0 Å². The molecular formula is C38H47N5O2S. The second-order valence-electron chi connectivity index (χ2n) is 12.5. The van der Waals surface area contributed by atoms with Crippen molar-refractivity contribution in [1.29, 1.82) is 0 Å². The zero-order valence-corrected chi connectivity index (χ0v) is 28.6. The predicted molar refractivity (Wildman–Crippen MR) is 188 cm³/mol. The van der Waals surface area contributed by atoms with Crippen LogP contribution in [-0.4, -0.2) is 67.8 Å². The maximum atomic E-state index is 13.3. The molecule has 2 heterocycles. The van der Waals surface area contributed by atoms with E-state index in [-0.39, 0.29) is 17.9 Å². The lowest BCUT2D eigenvalue weighted by Gasteiger charge is -2.40. The number of carbonyl (C=O) groups excluding carboxylic acids is 2. The summed E-state index contributed by atoms with van der Waals surface area (Å²) in [5, 5.41) is 9.92. The van der Waals surface area contributed by atoms with E-state index in [4.69, 9.17) is 0 Å². The zero-order valence-electron chi connectivity index (χ0n) is 27.7. The molecule has 0 radical (unpaired) electrons. The number of hydrogen-bond acceptors (Lipinski definition) is 5. The molecular weight excluding hydrogens is 591 g/mol. The van der Waals surface area contributed by atoms with Gasteiger partial charge >= 0.3 is 0 Å². The minimum absolute atomic E-state index is 0.0263. The van der Waals surface area contributed by atoms with Crippen LogP contribution in [0.3, 0.4) is 0 Å². The van der Waals surface area contributed by atoms with Gasteiger partial charge in [-0.05, 0) is 69.9 Å². The summed E-state index contributed by atoms with van der Waals surface area (Å²) < 4.78 is 2.11. The van der Waals surface area contributed by atoms with Gasteiger partial charge in [-0.15, -0.1) is 10.2 Å². The van der Waals surface area contributed by atoms with E-state index < -0.39 is 0 Å². The first-order chi connectivity index (χ1) is 22.3. The third kappa shape index (κ3) is 8.46. The molecule has 2 amide bonds. The van der Waals surface area contributed by atoms with Crippen molar-refractivity contribution in [1.82, 2.24) is 24.6 Å². The molecule has 5 rings (SSSR count). The lowest BCUT2D eigenvalue weighted by Crippen LogP contribution is -2.55. The Kier molecular flexibility index (Phi) is 11.7. The van der Waals surface area contributed by atoms with Crippen molar-refractivity contribution in [2.75, 3.05) is 25.4 Å². The van der Waals surface area contributed by atoms with E-state index in [0.29, 0.717) is 26.1 Å². The van der Waals surface area contributed by atoms with Crippen LogP contribution in [-0.2, 0) is 11.2 Å². The van der Waals surface area contributed by atoms with Crippen molar-refractivity contribution in [3.05, 3.63) is 95.1 Å². The highest BCUT2D eigenvalue weighted by atomic mass is 32.2. The maximum Gasteiger partial charge on any atom is 0.254 e. The first-order valence-electron chi connectivity index (χ1n) is 16.7. The minimum atomic E-state index is -0.0263. The van der Waals surface area contributed by atoms with Crippen molar-refractivity contribution in [3.63, 3.8) is 0 Å². The molecule has 1 aliphatic heterocycles. The summed E-state index contributed by atoms with van der Waals surface area (Å²) in [6, 6.07) is 24.8. The third-order valence-corrected chi connectivity index (χ3v) is 9.78. The van der Waals surface area contributed by atoms with Gasteiger partial charge in [0.1, 0.15) is 0 Å². The van der Waals surface area contributed by atoms with Crippen molar-refractivity contribution in [2.45, 2.75) is 83.8 Å². The number of aromatic nitrogens is 3. The molecule has 1 fully saturated rings. The van der Waals surface area contributed by atoms with Crippen LogP contribution in [0.25, 0.3) is 17.1 Å². The highest BCUT2D eigenvalue weighted by Crippen LogP contribution is 2.29. The van der Waals surface area contributed by atoms with Crippen LogP contribution in [0.1, 0.15) is 79.4 Å². The Morgan fingerprint density at radius 2 is 1.52 bits per heavy atom. The number of thioether (sulfide) groups is 1. The number of amides is 2. The summed E-state index contributed by atoms with van der Waals surface area (Å²) in [4.78, 5) is 30.3. The fourth-order valence-corrected chi connectivity index (χ4v) is 6.84. The van der Waals surface area contributed by atoms with Gasteiger partial charge in [-0.1, -0.05) is 97.6 Å². The van der Waals surface area contributed by atoms with Gasteiger partial charge in [-0.3, -0.25) is 14.2 Å². The van der Waals surface area contributed by atoms with Crippen LogP contribution in [0.2, 0.25) is 0 Å². The van der Waals surface area contributed by atoms with Gasteiger partial charge in [0.05, 0.1) is 0 Å². The van der Waals surface area contributed by atoms with E-state index in [0.717, 1.165) is 46.4 Å². The van der Waals surface area contributed by atoms with Crippen LogP contribution >= 0.6 is 11.8 Å². The molecule has 1 aromatic heterocycles. The quantitative estimate of drug-likeness (QED) is 0.110. The zero-order chi connectivity index (χ0) is 32.5. The van der Waals surface area contributed by atoms with E-state index in [9.17, 15) is 9.59 Å². The Balaban J connectivity index is 1.12. The average Bonchev–Trinajstić information content (AvgIpc) is 3.49. The van der Waals surface area contributed by atoms with Crippen molar-refractivity contribution >= 4 is 23.6 Å². The van der Waals surface area contributed by atoms with Crippen LogP contribution in [0.4, 0.5) is 0 Å². The molecule has 4 aromatic rings. The summed E-state index contributed by atoms with van der Waals surface area (Å²) in [6.07, 6.45) is 7.22. The molecule has 0 saturated carbocycles. The van der Waals surface area contributed by atoms with Gasteiger partial charge in [0.25, 0.3) is 5.91 Å².